The molecule has 3 aromatic rings. The number of hydrogen-bond acceptors (Lipinski definition) is 2. The molecule has 0 saturated carbocycles. The number of aromatic nitrogens is 1. The number of hydrogen-bond donors (Lipinski definition) is 0. The maximum atomic E-state index is 5.85. The molecule has 0 bridgehead atoms. The predicted octanol–water partition coefficient (Wildman–Crippen LogP) is 4.40. The van der Waals surface area contributed by atoms with E-state index in [1.165, 1.54) is 0 Å². The Hall–Kier alpha value is -1.06. The molecule has 0 spiro atoms. The van der Waals surface area contributed by atoms with Gasteiger partial charge in [0.25, 0.3) is 0 Å². The van der Waals surface area contributed by atoms with Gasteiger partial charge in [-0.1, -0.05) is 17.7 Å². The van der Waals surface area contributed by atoms with E-state index in [4.69, 9.17) is 16.0 Å². The standard InChI is InChI=1S/C11H5BrClNO/c12-7-2-1-3-8-10(7)11-9(15-8)4-6(13)5-14-11/h1-5H. The molecule has 0 atom stereocenters. The molecule has 0 amide bonds. The Balaban J connectivity index is 2.59. The van der Waals surface area contributed by atoms with E-state index in [1.54, 1.807) is 12.3 Å². The minimum atomic E-state index is 0.581. The first-order chi connectivity index (χ1) is 7.25. The summed E-state index contributed by atoms with van der Waals surface area (Å²) in [5, 5.41) is 1.57. The minimum Gasteiger partial charge on any atom is -0.454 e. The second kappa shape index (κ2) is 3.22. The molecular weight excluding hydrogens is 277 g/mol. The Bertz CT molecular complexity index is 662. The number of benzene rings is 1. The van der Waals surface area contributed by atoms with E-state index in [1.807, 2.05) is 18.2 Å². The van der Waals surface area contributed by atoms with E-state index in [-0.39, 0.29) is 0 Å². The van der Waals surface area contributed by atoms with Crippen LogP contribution < -0.4 is 0 Å². The Morgan fingerprint density at radius 1 is 1.27 bits per heavy atom. The summed E-state index contributed by atoms with van der Waals surface area (Å²) in [7, 11) is 0. The summed E-state index contributed by atoms with van der Waals surface area (Å²) in [6.07, 6.45) is 1.62. The molecule has 1 aromatic carbocycles. The Morgan fingerprint density at radius 3 is 3.00 bits per heavy atom. The molecule has 3 rings (SSSR count). The second-order valence-electron chi connectivity index (χ2n) is 3.22. The Morgan fingerprint density at radius 2 is 2.13 bits per heavy atom. The molecule has 0 saturated heterocycles. The molecule has 0 radical (unpaired) electrons. The fraction of sp³-hybridized carbons (Fsp3) is 0. The molecule has 0 aliphatic carbocycles. The van der Waals surface area contributed by atoms with Gasteiger partial charge >= 0.3 is 0 Å². The van der Waals surface area contributed by atoms with Crippen molar-refractivity contribution in [1.29, 1.82) is 0 Å². The summed E-state index contributed by atoms with van der Waals surface area (Å²) < 4.78 is 6.62. The summed E-state index contributed by atoms with van der Waals surface area (Å²) in [6.45, 7) is 0. The van der Waals surface area contributed by atoms with Gasteiger partial charge in [0.15, 0.2) is 5.58 Å². The zero-order valence-electron chi connectivity index (χ0n) is 7.50. The highest BCUT2D eigenvalue weighted by Crippen LogP contribution is 2.33. The van der Waals surface area contributed by atoms with E-state index < -0.39 is 0 Å². The molecule has 0 aliphatic heterocycles. The number of furan rings is 1. The van der Waals surface area contributed by atoms with Crippen molar-refractivity contribution in [2.75, 3.05) is 0 Å². The lowest BCUT2D eigenvalue weighted by Gasteiger charge is -1.91. The van der Waals surface area contributed by atoms with Crippen molar-refractivity contribution in [1.82, 2.24) is 4.98 Å². The zero-order valence-corrected chi connectivity index (χ0v) is 9.84. The molecule has 2 nitrogen and oxygen atoms in total. The Kier molecular flexibility index (Phi) is 1.97. The molecule has 0 unspecified atom stereocenters. The molecule has 2 aromatic heterocycles. The van der Waals surface area contributed by atoms with Crippen LogP contribution in [0, 0.1) is 0 Å². The van der Waals surface area contributed by atoms with Crippen LogP contribution in [0.25, 0.3) is 22.1 Å². The van der Waals surface area contributed by atoms with Crippen molar-refractivity contribution in [3.63, 3.8) is 0 Å². The van der Waals surface area contributed by atoms with Crippen molar-refractivity contribution in [3.05, 3.63) is 40.0 Å². The van der Waals surface area contributed by atoms with Gasteiger partial charge in [-0.25, -0.2) is 0 Å². The summed E-state index contributed by atoms with van der Waals surface area (Å²) in [5.41, 5.74) is 2.36. The van der Waals surface area contributed by atoms with Crippen LogP contribution in [0.5, 0.6) is 0 Å². The van der Waals surface area contributed by atoms with Crippen LogP contribution in [-0.2, 0) is 0 Å². The van der Waals surface area contributed by atoms with Gasteiger partial charge in [-0.2, -0.15) is 0 Å². The third kappa shape index (κ3) is 1.34. The monoisotopic (exact) mass is 281 g/mol. The third-order valence-electron chi connectivity index (χ3n) is 2.25. The Labute approximate surface area is 99.0 Å². The molecule has 0 N–H and O–H groups in total. The van der Waals surface area contributed by atoms with Gasteiger partial charge in [-0.15, -0.1) is 0 Å². The van der Waals surface area contributed by atoms with Gasteiger partial charge in [0.2, 0.25) is 0 Å². The van der Waals surface area contributed by atoms with Gasteiger partial charge < -0.3 is 4.42 Å². The van der Waals surface area contributed by atoms with Crippen LogP contribution in [0.4, 0.5) is 0 Å². The lowest BCUT2D eigenvalue weighted by atomic mass is 10.2. The average molecular weight is 283 g/mol. The zero-order chi connectivity index (χ0) is 10.4. The minimum absolute atomic E-state index is 0.581. The lowest BCUT2D eigenvalue weighted by molar-refractivity contribution is 0.668. The van der Waals surface area contributed by atoms with Crippen LogP contribution >= 0.6 is 27.5 Å². The van der Waals surface area contributed by atoms with Gasteiger partial charge in [-0.3, -0.25) is 4.98 Å². The highest BCUT2D eigenvalue weighted by atomic mass is 79.9. The van der Waals surface area contributed by atoms with E-state index in [9.17, 15) is 0 Å². The average Bonchev–Trinajstić information content (AvgIpc) is 2.56. The maximum absolute atomic E-state index is 5.85. The quantitative estimate of drug-likeness (QED) is 0.611. The topological polar surface area (TPSA) is 26.0 Å². The number of rotatable bonds is 0. The van der Waals surface area contributed by atoms with E-state index in [2.05, 4.69) is 20.9 Å². The van der Waals surface area contributed by atoms with E-state index in [0.717, 1.165) is 21.0 Å². The van der Waals surface area contributed by atoms with Crippen LogP contribution in [0.1, 0.15) is 0 Å². The maximum Gasteiger partial charge on any atom is 0.155 e. The second-order valence-corrected chi connectivity index (χ2v) is 4.51. The van der Waals surface area contributed by atoms with Gasteiger partial charge in [-0.05, 0) is 28.1 Å². The van der Waals surface area contributed by atoms with Gasteiger partial charge in [0.1, 0.15) is 11.1 Å². The largest absolute Gasteiger partial charge is 0.454 e. The summed E-state index contributed by atoms with van der Waals surface area (Å²) in [6, 6.07) is 7.58. The van der Waals surface area contributed by atoms with Crippen LogP contribution in [-0.4, -0.2) is 4.98 Å². The lowest BCUT2D eigenvalue weighted by Crippen LogP contribution is -1.74. The number of nitrogens with zero attached hydrogens (tertiary/aromatic N) is 1. The predicted molar refractivity (Wildman–Crippen MR) is 64.2 cm³/mol. The van der Waals surface area contributed by atoms with Crippen LogP contribution in [0.3, 0.4) is 0 Å². The first-order valence-electron chi connectivity index (χ1n) is 4.38. The van der Waals surface area contributed by atoms with Gasteiger partial charge in [0, 0.05) is 16.7 Å². The highest BCUT2D eigenvalue weighted by molar-refractivity contribution is 9.10. The summed E-state index contributed by atoms with van der Waals surface area (Å²) in [4.78, 5) is 4.27. The van der Waals surface area contributed by atoms with Crippen LogP contribution in [0.15, 0.2) is 39.4 Å². The molecule has 4 heteroatoms. The number of fused-ring (bicyclic) bond motifs is 3. The van der Waals surface area contributed by atoms with Crippen molar-refractivity contribution >= 4 is 49.6 Å². The van der Waals surface area contributed by atoms with E-state index >= 15 is 0 Å². The first-order valence-corrected chi connectivity index (χ1v) is 5.55. The van der Waals surface area contributed by atoms with Crippen molar-refractivity contribution in [2.24, 2.45) is 0 Å². The van der Waals surface area contributed by atoms with Crippen LogP contribution in [0.2, 0.25) is 5.02 Å². The normalized spacial score (nSPS) is 11.3. The van der Waals surface area contributed by atoms with E-state index in [0.29, 0.717) is 10.6 Å². The summed E-state index contributed by atoms with van der Waals surface area (Å²) >= 11 is 9.33. The SMILES string of the molecule is Clc1cnc2c(c1)oc1cccc(Br)c12. The molecule has 0 fully saturated rings. The molecule has 0 aliphatic rings. The number of pyridine rings is 1. The molecular formula is C11H5BrClNO. The molecule has 2 heterocycles. The smallest absolute Gasteiger partial charge is 0.155 e. The van der Waals surface area contributed by atoms with Crippen molar-refractivity contribution in [2.45, 2.75) is 0 Å². The third-order valence-corrected chi connectivity index (χ3v) is 3.12. The van der Waals surface area contributed by atoms with Crippen molar-refractivity contribution in [3.8, 4) is 0 Å². The molecule has 15 heavy (non-hydrogen) atoms. The summed E-state index contributed by atoms with van der Waals surface area (Å²) in [5.74, 6) is 0. The number of halogens is 2. The first kappa shape index (κ1) is 9.19. The van der Waals surface area contributed by atoms with Gasteiger partial charge in [0.05, 0.1) is 10.4 Å². The van der Waals surface area contributed by atoms with Crippen molar-refractivity contribution < 1.29 is 4.42 Å². The fourth-order valence-corrected chi connectivity index (χ4v) is 2.31. The highest BCUT2D eigenvalue weighted by Gasteiger charge is 2.10. The molecule has 74 valence electrons. The fourth-order valence-electron chi connectivity index (χ4n) is 1.62.